The zero-order valence-corrected chi connectivity index (χ0v) is 14.8. The Morgan fingerprint density at radius 1 is 1.26 bits per heavy atom. The molecule has 1 fully saturated rings. The van der Waals surface area contributed by atoms with Crippen molar-refractivity contribution in [1.82, 2.24) is 10.2 Å². The molecule has 0 saturated carbocycles. The van der Waals surface area contributed by atoms with E-state index < -0.39 is 42.3 Å². The number of esters is 1. The van der Waals surface area contributed by atoms with Crippen LogP contribution in [0.2, 0.25) is 0 Å². The van der Waals surface area contributed by atoms with Gasteiger partial charge in [-0.2, -0.15) is 13.2 Å². The van der Waals surface area contributed by atoms with Crippen LogP contribution in [0.1, 0.15) is 30.7 Å². The molecule has 2 atom stereocenters. The number of carbonyl (C=O) groups excluding carboxylic acids is 3. The van der Waals surface area contributed by atoms with E-state index in [4.69, 9.17) is 0 Å². The van der Waals surface area contributed by atoms with E-state index in [9.17, 15) is 27.6 Å². The highest BCUT2D eigenvalue weighted by Gasteiger charge is 2.42. The summed E-state index contributed by atoms with van der Waals surface area (Å²) in [6.07, 6.45) is -5.01. The SMILES string of the molecule is COC(=O)CNC(=O)[C@@H]1CCCN1C(=O)C(CC(F)(F)F)c1ccccc1. The van der Waals surface area contributed by atoms with Crippen molar-refractivity contribution < 1.29 is 32.3 Å². The number of amides is 2. The molecule has 0 bridgehead atoms. The summed E-state index contributed by atoms with van der Waals surface area (Å²) in [4.78, 5) is 37.5. The van der Waals surface area contributed by atoms with Gasteiger partial charge in [-0.3, -0.25) is 14.4 Å². The molecular formula is C18H21F3N2O4. The average Bonchev–Trinajstić information content (AvgIpc) is 3.13. The molecule has 1 aliphatic heterocycles. The van der Waals surface area contributed by atoms with Crippen LogP contribution in [0.3, 0.4) is 0 Å². The monoisotopic (exact) mass is 386 g/mol. The maximum atomic E-state index is 13.0. The van der Waals surface area contributed by atoms with Crippen LogP contribution in [0.4, 0.5) is 13.2 Å². The van der Waals surface area contributed by atoms with Crippen LogP contribution in [-0.2, 0) is 19.1 Å². The molecule has 1 N–H and O–H groups in total. The number of carbonyl (C=O) groups is 3. The lowest BCUT2D eigenvalue weighted by Gasteiger charge is -2.29. The van der Waals surface area contributed by atoms with Crippen molar-refractivity contribution in [3.8, 4) is 0 Å². The number of nitrogens with zero attached hydrogens (tertiary/aromatic N) is 1. The third-order valence-electron chi connectivity index (χ3n) is 4.41. The summed E-state index contributed by atoms with van der Waals surface area (Å²) in [5.74, 6) is -3.39. The van der Waals surface area contributed by atoms with Crippen molar-refractivity contribution in [1.29, 1.82) is 0 Å². The molecule has 0 aliphatic carbocycles. The summed E-state index contributed by atoms with van der Waals surface area (Å²) >= 11 is 0. The van der Waals surface area contributed by atoms with Gasteiger partial charge in [0, 0.05) is 6.54 Å². The second kappa shape index (κ2) is 8.88. The van der Waals surface area contributed by atoms with E-state index in [-0.39, 0.29) is 18.7 Å². The molecule has 1 saturated heterocycles. The molecule has 0 aromatic heterocycles. The Bertz CT molecular complexity index is 679. The van der Waals surface area contributed by atoms with Crippen molar-refractivity contribution in [3.63, 3.8) is 0 Å². The summed E-state index contributed by atoms with van der Waals surface area (Å²) in [6.45, 7) is -0.172. The van der Waals surface area contributed by atoms with Gasteiger partial charge in [-0.15, -0.1) is 0 Å². The molecule has 0 spiro atoms. The Morgan fingerprint density at radius 2 is 1.93 bits per heavy atom. The number of methoxy groups -OCH3 is 1. The molecule has 1 aromatic carbocycles. The minimum Gasteiger partial charge on any atom is -0.468 e. The van der Waals surface area contributed by atoms with Crippen molar-refractivity contribution >= 4 is 17.8 Å². The Hall–Kier alpha value is -2.58. The van der Waals surface area contributed by atoms with Gasteiger partial charge >= 0.3 is 12.1 Å². The maximum absolute atomic E-state index is 13.0. The molecule has 6 nitrogen and oxygen atoms in total. The molecule has 1 unspecified atom stereocenters. The van der Waals surface area contributed by atoms with Gasteiger partial charge in [0.2, 0.25) is 11.8 Å². The molecule has 0 radical (unpaired) electrons. The number of alkyl halides is 3. The highest BCUT2D eigenvalue weighted by Crippen LogP contribution is 2.34. The molecule has 1 aromatic rings. The van der Waals surface area contributed by atoms with E-state index in [1.165, 1.54) is 24.1 Å². The third kappa shape index (κ3) is 5.70. The zero-order chi connectivity index (χ0) is 20.0. The van der Waals surface area contributed by atoms with Gasteiger partial charge in [0.05, 0.1) is 19.4 Å². The van der Waals surface area contributed by atoms with Gasteiger partial charge < -0.3 is 15.0 Å². The number of benzene rings is 1. The predicted octanol–water partition coefficient (Wildman–Crippen LogP) is 2.00. The summed E-state index contributed by atoms with van der Waals surface area (Å²) in [5, 5.41) is 2.36. The van der Waals surface area contributed by atoms with Crippen LogP contribution in [0.15, 0.2) is 30.3 Å². The maximum Gasteiger partial charge on any atom is 0.390 e. The molecular weight excluding hydrogens is 365 g/mol. The Morgan fingerprint density at radius 3 is 2.52 bits per heavy atom. The lowest BCUT2D eigenvalue weighted by Crippen LogP contribution is -2.48. The number of halogens is 3. The van der Waals surface area contributed by atoms with E-state index in [1.807, 2.05) is 0 Å². The fourth-order valence-corrected chi connectivity index (χ4v) is 3.12. The molecule has 1 heterocycles. The van der Waals surface area contributed by atoms with Gasteiger partial charge in [-0.05, 0) is 18.4 Å². The second-order valence-corrected chi connectivity index (χ2v) is 6.27. The number of hydrogen-bond acceptors (Lipinski definition) is 4. The highest BCUT2D eigenvalue weighted by molar-refractivity contribution is 5.92. The molecule has 27 heavy (non-hydrogen) atoms. The quantitative estimate of drug-likeness (QED) is 0.759. The van der Waals surface area contributed by atoms with E-state index in [0.717, 1.165) is 0 Å². The first kappa shape index (κ1) is 20.7. The number of rotatable bonds is 6. The Labute approximate surface area is 154 Å². The molecule has 2 rings (SSSR count). The first-order valence-corrected chi connectivity index (χ1v) is 8.49. The van der Waals surface area contributed by atoms with Crippen LogP contribution >= 0.6 is 0 Å². The van der Waals surface area contributed by atoms with Crippen LogP contribution in [0.25, 0.3) is 0 Å². The highest BCUT2D eigenvalue weighted by atomic mass is 19.4. The van der Waals surface area contributed by atoms with Crippen LogP contribution in [-0.4, -0.2) is 55.1 Å². The van der Waals surface area contributed by atoms with Crippen LogP contribution in [0, 0.1) is 0 Å². The van der Waals surface area contributed by atoms with Crippen molar-refractivity contribution in [2.24, 2.45) is 0 Å². The number of ether oxygens (including phenoxy) is 1. The minimum atomic E-state index is -4.53. The normalized spacial score (nSPS) is 18.1. The van der Waals surface area contributed by atoms with Gasteiger partial charge in [0.15, 0.2) is 0 Å². The average molecular weight is 386 g/mol. The van der Waals surface area contributed by atoms with E-state index >= 15 is 0 Å². The topological polar surface area (TPSA) is 75.7 Å². The van der Waals surface area contributed by atoms with E-state index in [2.05, 4.69) is 10.1 Å². The first-order chi connectivity index (χ1) is 12.7. The fraction of sp³-hybridized carbons (Fsp3) is 0.500. The standard InChI is InChI=1S/C18H21F3N2O4/c1-27-15(24)11-22-16(25)14-8-5-9-23(14)17(26)13(10-18(19,20)21)12-6-3-2-4-7-12/h2-4,6-7,13-14H,5,8-11H2,1H3,(H,22,25)/t13?,14-/m0/s1. The van der Waals surface area contributed by atoms with Crippen molar-refractivity contribution in [3.05, 3.63) is 35.9 Å². The first-order valence-electron chi connectivity index (χ1n) is 8.49. The molecule has 2 amide bonds. The van der Waals surface area contributed by atoms with Gasteiger partial charge in [0.25, 0.3) is 0 Å². The van der Waals surface area contributed by atoms with Gasteiger partial charge in [-0.1, -0.05) is 30.3 Å². The molecule has 148 valence electrons. The number of hydrogen-bond donors (Lipinski definition) is 1. The number of nitrogens with one attached hydrogen (secondary N) is 1. The summed E-state index contributed by atoms with van der Waals surface area (Å²) in [7, 11) is 1.17. The smallest absolute Gasteiger partial charge is 0.390 e. The summed E-state index contributed by atoms with van der Waals surface area (Å²) < 4.78 is 43.6. The third-order valence-corrected chi connectivity index (χ3v) is 4.41. The van der Waals surface area contributed by atoms with Gasteiger partial charge in [-0.25, -0.2) is 0 Å². The lowest BCUT2D eigenvalue weighted by atomic mass is 9.93. The lowest BCUT2D eigenvalue weighted by molar-refractivity contribution is -0.155. The van der Waals surface area contributed by atoms with Crippen molar-refractivity contribution in [2.45, 2.75) is 37.4 Å². The van der Waals surface area contributed by atoms with Crippen molar-refractivity contribution in [2.75, 3.05) is 20.2 Å². The van der Waals surface area contributed by atoms with E-state index in [0.29, 0.717) is 12.8 Å². The van der Waals surface area contributed by atoms with E-state index in [1.54, 1.807) is 18.2 Å². The Balaban J connectivity index is 2.17. The van der Waals surface area contributed by atoms with Crippen LogP contribution < -0.4 is 5.32 Å². The molecule has 1 aliphatic rings. The minimum absolute atomic E-state index is 0.191. The molecule has 9 heteroatoms. The predicted molar refractivity (Wildman–Crippen MR) is 89.6 cm³/mol. The summed E-state index contributed by atoms with van der Waals surface area (Å²) in [5.41, 5.74) is 0.250. The Kier molecular flexibility index (Phi) is 6.81. The number of likely N-dealkylation sites (tertiary alicyclic amines) is 1. The van der Waals surface area contributed by atoms with Crippen LogP contribution in [0.5, 0.6) is 0 Å². The summed E-state index contributed by atoms with van der Waals surface area (Å²) in [6, 6.07) is 6.82. The van der Waals surface area contributed by atoms with Gasteiger partial charge in [0.1, 0.15) is 12.6 Å². The largest absolute Gasteiger partial charge is 0.468 e. The second-order valence-electron chi connectivity index (χ2n) is 6.27. The zero-order valence-electron chi connectivity index (χ0n) is 14.8. The fourth-order valence-electron chi connectivity index (χ4n) is 3.12.